The molecule has 0 saturated carbocycles. The largest absolute Gasteiger partial charge is 0.480 e. The van der Waals surface area contributed by atoms with Crippen molar-refractivity contribution in [2.75, 3.05) is 32.8 Å². The van der Waals surface area contributed by atoms with Crippen LogP contribution in [0.15, 0.2) is 9.59 Å². The molecule has 2 aliphatic rings. The van der Waals surface area contributed by atoms with Gasteiger partial charge in [0.1, 0.15) is 11.4 Å². The maximum atomic E-state index is 13.0. The molecule has 3 heterocycles. The Bertz CT molecular complexity index is 1020. The number of ether oxygens (including phenoxy) is 1. The second kappa shape index (κ2) is 7.81. The first-order valence-corrected chi connectivity index (χ1v) is 10.6. The van der Waals surface area contributed by atoms with Gasteiger partial charge in [-0.1, -0.05) is 6.92 Å². The fourth-order valence-corrected chi connectivity index (χ4v) is 5.66. The molecular formula is C19H25N3O5S. The fourth-order valence-electron chi connectivity index (χ4n) is 4.14. The molecule has 4 rings (SSSR count). The molecule has 152 valence electrons. The summed E-state index contributed by atoms with van der Waals surface area (Å²) in [5.41, 5.74) is 0.0271. The zero-order valence-corrected chi connectivity index (χ0v) is 16.8. The molecule has 1 N–H and O–H groups in total. The van der Waals surface area contributed by atoms with Crippen LogP contribution in [0.3, 0.4) is 0 Å². The van der Waals surface area contributed by atoms with Crippen LogP contribution in [-0.2, 0) is 35.5 Å². The molecule has 1 aliphatic heterocycles. The molecule has 1 fully saturated rings. The number of fused-ring (bicyclic) bond motifs is 3. The third-order valence-corrected chi connectivity index (χ3v) is 6.97. The molecule has 0 aromatic carbocycles. The molecule has 9 heteroatoms. The Morgan fingerprint density at radius 2 is 1.96 bits per heavy atom. The molecule has 2 aromatic rings. The highest BCUT2D eigenvalue weighted by Gasteiger charge is 2.26. The molecule has 1 unspecified atom stereocenters. The highest BCUT2D eigenvalue weighted by atomic mass is 32.1. The first-order chi connectivity index (χ1) is 13.5. The first kappa shape index (κ1) is 19.4. The molecule has 0 radical (unpaired) electrons. The monoisotopic (exact) mass is 407 g/mol. The van der Waals surface area contributed by atoms with Crippen molar-refractivity contribution < 1.29 is 14.6 Å². The van der Waals surface area contributed by atoms with Gasteiger partial charge in [0.15, 0.2) is 0 Å². The van der Waals surface area contributed by atoms with Crippen molar-refractivity contribution in [1.82, 2.24) is 14.0 Å². The summed E-state index contributed by atoms with van der Waals surface area (Å²) in [6.07, 6.45) is 2.72. The van der Waals surface area contributed by atoms with Gasteiger partial charge in [-0.3, -0.25) is 19.1 Å². The van der Waals surface area contributed by atoms with E-state index < -0.39 is 23.8 Å². The maximum Gasteiger partial charge on any atom is 0.332 e. The van der Waals surface area contributed by atoms with Crippen LogP contribution in [0.25, 0.3) is 10.2 Å². The normalized spacial score (nSPS) is 20.4. The second-order valence-corrected chi connectivity index (χ2v) is 8.79. The smallest absolute Gasteiger partial charge is 0.332 e. The molecule has 8 nitrogen and oxygen atoms in total. The van der Waals surface area contributed by atoms with Crippen molar-refractivity contribution in [2.24, 2.45) is 5.92 Å². The van der Waals surface area contributed by atoms with Crippen molar-refractivity contribution in [1.29, 1.82) is 0 Å². The Labute approximate surface area is 165 Å². The lowest BCUT2D eigenvalue weighted by Crippen LogP contribution is -2.44. The quantitative estimate of drug-likeness (QED) is 0.787. The van der Waals surface area contributed by atoms with E-state index in [0.717, 1.165) is 42.5 Å². The van der Waals surface area contributed by atoms with E-state index in [2.05, 4.69) is 11.8 Å². The van der Waals surface area contributed by atoms with Gasteiger partial charge in [0.2, 0.25) is 0 Å². The van der Waals surface area contributed by atoms with Gasteiger partial charge in [0.05, 0.1) is 18.6 Å². The maximum absolute atomic E-state index is 13.0. The SMILES string of the molecule is CC1CCc2c(sc3c2c(=O)n(CC(=O)O)c(=O)n3CCN2CCOCC2)C1. The summed E-state index contributed by atoms with van der Waals surface area (Å²) < 4.78 is 7.87. The predicted molar refractivity (Wildman–Crippen MR) is 106 cm³/mol. The average Bonchev–Trinajstić information content (AvgIpc) is 3.04. The molecule has 0 amide bonds. The predicted octanol–water partition coefficient (Wildman–Crippen LogP) is 0.766. The van der Waals surface area contributed by atoms with Crippen LogP contribution in [-0.4, -0.2) is 58.0 Å². The molecule has 1 aliphatic carbocycles. The third-order valence-electron chi connectivity index (χ3n) is 5.70. The van der Waals surface area contributed by atoms with Crippen molar-refractivity contribution in [3.05, 3.63) is 31.3 Å². The number of hydrogen-bond donors (Lipinski definition) is 1. The summed E-state index contributed by atoms with van der Waals surface area (Å²) >= 11 is 1.53. The van der Waals surface area contributed by atoms with Crippen molar-refractivity contribution in [3.63, 3.8) is 0 Å². The van der Waals surface area contributed by atoms with Crippen LogP contribution in [0.1, 0.15) is 23.8 Å². The number of aliphatic carboxylic acids is 1. The highest BCUT2D eigenvalue weighted by Crippen LogP contribution is 2.36. The van der Waals surface area contributed by atoms with E-state index in [-0.39, 0.29) is 0 Å². The van der Waals surface area contributed by atoms with Crippen LogP contribution in [0.5, 0.6) is 0 Å². The summed E-state index contributed by atoms with van der Waals surface area (Å²) in [5, 5.41) is 9.76. The fraction of sp³-hybridized carbons (Fsp3) is 0.632. The Morgan fingerprint density at radius 3 is 2.68 bits per heavy atom. The van der Waals surface area contributed by atoms with Gasteiger partial charge in [-0.2, -0.15) is 0 Å². The molecule has 2 aromatic heterocycles. The Kier molecular flexibility index (Phi) is 5.39. The summed E-state index contributed by atoms with van der Waals surface area (Å²) in [6, 6.07) is 0. The second-order valence-electron chi connectivity index (χ2n) is 7.71. The van der Waals surface area contributed by atoms with E-state index in [9.17, 15) is 19.5 Å². The summed E-state index contributed by atoms with van der Waals surface area (Å²) in [4.78, 5) is 41.4. The van der Waals surface area contributed by atoms with E-state index in [0.29, 0.717) is 42.4 Å². The minimum absolute atomic E-state index is 0.435. The number of rotatable bonds is 5. The zero-order chi connectivity index (χ0) is 19.8. The number of nitrogens with zero attached hydrogens (tertiary/aromatic N) is 3. The van der Waals surface area contributed by atoms with Gasteiger partial charge in [-0.15, -0.1) is 11.3 Å². The number of morpholine rings is 1. The van der Waals surface area contributed by atoms with Crippen LogP contribution in [0.2, 0.25) is 0 Å². The van der Waals surface area contributed by atoms with Gasteiger partial charge >= 0.3 is 11.7 Å². The molecule has 28 heavy (non-hydrogen) atoms. The Balaban J connectivity index is 1.82. The topological polar surface area (TPSA) is 93.8 Å². The first-order valence-electron chi connectivity index (χ1n) is 9.75. The van der Waals surface area contributed by atoms with Gasteiger partial charge in [-0.05, 0) is 30.7 Å². The van der Waals surface area contributed by atoms with E-state index in [1.807, 2.05) is 0 Å². The van der Waals surface area contributed by atoms with E-state index in [1.54, 1.807) is 4.57 Å². The molecule has 0 spiro atoms. The van der Waals surface area contributed by atoms with Crippen LogP contribution >= 0.6 is 11.3 Å². The molecular weight excluding hydrogens is 382 g/mol. The molecule has 0 bridgehead atoms. The van der Waals surface area contributed by atoms with Gasteiger partial charge < -0.3 is 9.84 Å². The number of thiophene rings is 1. The zero-order valence-electron chi connectivity index (χ0n) is 16.0. The van der Waals surface area contributed by atoms with Gasteiger partial charge in [0, 0.05) is 31.1 Å². The van der Waals surface area contributed by atoms with Crippen LogP contribution < -0.4 is 11.2 Å². The third kappa shape index (κ3) is 3.54. The summed E-state index contributed by atoms with van der Waals surface area (Å²) in [6.45, 7) is 5.67. The molecule has 1 atom stereocenters. The lowest BCUT2D eigenvalue weighted by molar-refractivity contribution is -0.137. The lowest BCUT2D eigenvalue weighted by Gasteiger charge is -2.26. The van der Waals surface area contributed by atoms with Gasteiger partial charge in [-0.25, -0.2) is 9.36 Å². The van der Waals surface area contributed by atoms with E-state index in [4.69, 9.17) is 4.74 Å². The number of aromatic nitrogens is 2. The van der Waals surface area contributed by atoms with Crippen molar-refractivity contribution in [2.45, 2.75) is 39.3 Å². The standard InChI is InChI=1S/C19H25N3O5S/c1-12-2-3-13-14(10-12)28-18-16(13)17(25)22(11-15(23)24)19(26)21(18)5-4-20-6-8-27-9-7-20/h12H,2-11H2,1H3,(H,23,24). The minimum atomic E-state index is -1.18. The molecule has 1 saturated heterocycles. The number of aryl methyl sites for hydroxylation is 1. The number of carbonyl (C=O) groups is 1. The van der Waals surface area contributed by atoms with Crippen LogP contribution in [0, 0.1) is 5.92 Å². The van der Waals surface area contributed by atoms with E-state index >= 15 is 0 Å². The van der Waals surface area contributed by atoms with Gasteiger partial charge in [0.25, 0.3) is 5.56 Å². The number of carboxylic acids is 1. The summed E-state index contributed by atoms with van der Waals surface area (Å²) in [5.74, 6) is -0.633. The Morgan fingerprint density at radius 1 is 1.21 bits per heavy atom. The lowest BCUT2D eigenvalue weighted by atomic mass is 9.89. The number of hydrogen-bond acceptors (Lipinski definition) is 6. The summed E-state index contributed by atoms with van der Waals surface area (Å²) in [7, 11) is 0. The van der Waals surface area contributed by atoms with Crippen LogP contribution in [0.4, 0.5) is 0 Å². The van der Waals surface area contributed by atoms with Crippen molar-refractivity contribution in [3.8, 4) is 0 Å². The average molecular weight is 407 g/mol. The Hall–Kier alpha value is -1.97. The minimum Gasteiger partial charge on any atom is -0.480 e. The number of carboxylic acid groups (broad SMARTS) is 1. The van der Waals surface area contributed by atoms with E-state index in [1.165, 1.54) is 16.2 Å². The highest BCUT2D eigenvalue weighted by molar-refractivity contribution is 7.18. The van der Waals surface area contributed by atoms with Crippen molar-refractivity contribution >= 4 is 27.5 Å².